The van der Waals surface area contributed by atoms with Gasteiger partial charge in [0.25, 0.3) is 0 Å². The van der Waals surface area contributed by atoms with Crippen LogP contribution in [0.2, 0.25) is 0 Å². The summed E-state index contributed by atoms with van der Waals surface area (Å²) >= 11 is 0. The number of ether oxygens (including phenoxy) is 4. The van der Waals surface area contributed by atoms with Gasteiger partial charge in [0.15, 0.2) is 5.79 Å². The van der Waals surface area contributed by atoms with Crippen LogP contribution in [0.3, 0.4) is 0 Å². The van der Waals surface area contributed by atoms with E-state index >= 15 is 0 Å². The highest BCUT2D eigenvalue weighted by Gasteiger charge is 2.66. The van der Waals surface area contributed by atoms with Crippen LogP contribution in [0.25, 0.3) is 0 Å². The van der Waals surface area contributed by atoms with E-state index in [2.05, 4.69) is 0 Å². The van der Waals surface area contributed by atoms with Gasteiger partial charge >= 0.3 is 12.1 Å². The van der Waals surface area contributed by atoms with Crippen molar-refractivity contribution in [2.24, 2.45) is 16.7 Å². The number of aliphatic hydroxyl groups excluding tert-OH is 2. The van der Waals surface area contributed by atoms with Crippen LogP contribution in [0.5, 0.6) is 0 Å². The molecule has 0 aromatic rings. The third kappa shape index (κ3) is 4.88. The SMILES string of the molecule is CCOC(=O)[C@@]1(CO)C2CCC3(C[C@]2(CN(CC)C(=O)OC(C)(C)C)CC[C@H]1O)OCCO3. The van der Waals surface area contributed by atoms with E-state index in [1.54, 1.807) is 11.8 Å². The summed E-state index contributed by atoms with van der Waals surface area (Å²) in [6, 6.07) is 0. The molecular formula is C24H41NO8. The summed E-state index contributed by atoms with van der Waals surface area (Å²) < 4.78 is 23.1. The van der Waals surface area contributed by atoms with E-state index in [4.69, 9.17) is 18.9 Å². The Kier molecular flexibility index (Phi) is 7.68. The first-order chi connectivity index (χ1) is 15.5. The number of hydrogen-bond acceptors (Lipinski definition) is 8. The van der Waals surface area contributed by atoms with Gasteiger partial charge in [-0.25, -0.2) is 4.79 Å². The summed E-state index contributed by atoms with van der Waals surface area (Å²) in [5.41, 5.74) is -2.72. The zero-order valence-electron chi connectivity index (χ0n) is 20.7. The third-order valence-electron chi connectivity index (χ3n) is 7.58. The molecule has 1 spiro atoms. The van der Waals surface area contributed by atoms with Gasteiger partial charge < -0.3 is 34.1 Å². The van der Waals surface area contributed by atoms with Crippen molar-refractivity contribution in [2.45, 2.75) is 84.2 Å². The van der Waals surface area contributed by atoms with Crippen molar-refractivity contribution in [3.05, 3.63) is 0 Å². The van der Waals surface area contributed by atoms with Crippen molar-refractivity contribution < 1.29 is 38.7 Å². The van der Waals surface area contributed by atoms with E-state index in [-0.39, 0.29) is 6.61 Å². The van der Waals surface area contributed by atoms with Gasteiger partial charge in [-0.15, -0.1) is 0 Å². The second-order valence-corrected chi connectivity index (χ2v) is 10.7. The highest BCUT2D eigenvalue weighted by molar-refractivity contribution is 5.79. The first-order valence-electron chi connectivity index (χ1n) is 12.2. The lowest BCUT2D eigenvalue weighted by Crippen LogP contribution is -2.66. The summed E-state index contributed by atoms with van der Waals surface area (Å²) in [5.74, 6) is -1.77. The molecule has 1 unspecified atom stereocenters. The van der Waals surface area contributed by atoms with Gasteiger partial charge in [-0.3, -0.25) is 4.79 Å². The molecule has 9 nitrogen and oxygen atoms in total. The Morgan fingerprint density at radius 2 is 1.79 bits per heavy atom. The Balaban J connectivity index is 2.02. The number of carbonyl (C=O) groups excluding carboxylic acids is 2. The minimum absolute atomic E-state index is 0.155. The van der Waals surface area contributed by atoms with Gasteiger partial charge in [-0.1, -0.05) is 0 Å². The largest absolute Gasteiger partial charge is 0.465 e. The minimum Gasteiger partial charge on any atom is -0.465 e. The average Bonchev–Trinajstić information content (AvgIpc) is 3.19. The Morgan fingerprint density at radius 1 is 1.12 bits per heavy atom. The normalized spacial score (nSPS) is 33.4. The Hall–Kier alpha value is -1.42. The number of aliphatic hydroxyl groups is 2. The van der Waals surface area contributed by atoms with Crippen LogP contribution in [-0.2, 0) is 23.7 Å². The maximum Gasteiger partial charge on any atom is 0.410 e. The van der Waals surface area contributed by atoms with Gasteiger partial charge in [0.1, 0.15) is 11.0 Å². The first kappa shape index (κ1) is 26.2. The number of fused-ring (bicyclic) bond motifs is 1. The molecule has 33 heavy (non-hydrogen) atoms. The molecule has 3 rings (SSSR count). The number of hydrogen-bond donors (Lipinski definition) is 2. The maximum atomic E-state index is 13.2. The van der Waals surface area contributed by atoms with Crippen molar-refractivity contribution in [1.29, 1.82) is 0 Å². The van der Waals surface area contributed by atoms with Crippen LogP contribution >= 0.6 is 0 Å². The van der Waals surface area contributed by atoms with E-state index in [9.17, 15) is 19.8 Å². The predicted octanol–water partition coefficient (Wildman–Crippen LogP) is 2.47. The predicted molar refractivity (Wildman–Crippen MR) is 119 cm³/mol. The highest BCUT2D eigenvalue weighted by Crippen LogP contribution is 2.61. The zero-order valence-corrected chi connectivity index (χ0v) is 20.7. The van der Waals surface area contributed by atoms with Crippen LogP contribution < -0.4 is 0 Å². The maximum absolute atomic E-state index is 13.2. The lowest BCUT2D eigenvalue weighted by Gasteiger charge is -2.60. The van der Waals surface area contributed by atoms with Gasteiger partial charge in [0.2, 0.25) is 0 Å². The minimum atomic E-state index is -1.46. The summed E-state index contributed by atoms with van der Waals surface area (Å²) in [4.78, 5) is 27.9. The molecule has 9 heteroatoms. The molecule has 0 radical (unpaired) electrons. The fraction of sp³-hybridized carbons (Fsp3) is 0.917. The fourth-order valence-corrected chi connectivity index (χ4v) is 6.22. The van der Waals surface area contributed by atoms with E-state index in [0.717, 1.165) is 0 Å². The fourth-order valence-electron chi connectivity index (χ4n) is 6.22. The van der Waals surface area contributed by atoms with Crippen LogP contribution in [0, 0.1) is 16.7 Å². The van der Waals surface area contributed by atoms with Gasteiger partial charge in [-0.2, -0.15) is 0 Å². The van der Waals surface area contributed by atoms with Crippen LogP contribution in [0.15, 0.2) is 0 Å². The molecule has 4 atom stereocenters. The third-order valence-corrected chi connectivity index (χ3v) is 7.58. The van der Waals surface area contributed by atoms with Crippen molar-refractivity contribution in [3.63, 3.8) is 0 Å². The lowest BCUT2D eigenvalue weighted by molar-refractivity contribution is -0.256. The molecule has 3 fully saturated rings. The summed E-state index contributed by atoms with van der Waals surface area (Å²) in [6.45, 7) is 10.4. The lowest BCUT2D eigenvalue weighted by atomic mass is 9.48. The van der Waals surface area contributed by atoms with Gasteiger partial charge in [0.05, 0.1) is 32.5 Å². The van der Waals surface area contributed by atoms with Gasteiger partial charge in [0, 0.05) is 25.9 Å². The molecule has 2 N–H and O–H groups in total. The van der Waals surface area contributed by atoms with E-state index in [0.29, 0.717) is 58.4 Å². The summed E-state index contributed by atoms with van der Waals surface area (Å²) in [7, 11) is 0. The molecule has 0 aromatic heterocycles. The molecule has 0 aromatic carbocycles. The smallest absolute Gasteiger partial charge is 0.410 e. The monoisotopic (exact) mass is 471 g/mol. The average molecular weight is 472 g/mol. The number of rotatable bonds is 6. The molecule has 1 heterocycles. The van der Waals surface area contributed by atoms with Crippen molar-refractivity contribution >= 4 is 12.1 Å². The Bertz CT molecular complexity index is 716. The molecule has 0 bridgehead atoms. The molecule has 3 aliphatic rings. The number of amides is 1. The van der Waals surface area contributed by atoms with Gasteiger partial charge in [-0.05, 0) is 65.2 Å². The van der Waals surface area contributed by atoms with Crippen molar-refractivity contribution in [3.8, 4) is 0 Å². The standard InChI is InChI=1S/C24H41NO8/c1-6-25(20(29)33-21(3,4)5)15-22-10-9-18(27)24(16-26,19(28)30-7-2)17(22)8-11-23(14-22)31-12-13-32-23/h17-18,26-27H,6-16H2,1-5H3/t17?,18-,22+,24+/m1/s1. The van der Waals surface area contributed by atoms with Crippen LogP contribution in [0.1, 0.15) is 66.7 Å². The second kappa shape index (κ2) is 9.68. The van der Waals surface area contributed by atoms with Crippen LogP contribution in [0.4, 0.5) is 4.79 Å². The second-order valence-electron chi connectivity index (χ2n) is 10.7. The first-order valence-corrected chi connectivity index (χ1v) is 12.2. The molecule has 190 valence electrons. The van der Waals surface area contributed by atoms with Crippen LogP contribution in [-0.4, -0.2) is 84.2 Å². The zero-order chi connectivity index (χ0) is 24.5. The number of esters is 1. The molecule has 2 aliphatic carbocycles. The number of nitrogens with zero attached hydrogens (tertiary/aromatic N) is 1. The topological polar surface area (TPSA) is 115 Å². The van der Waals surface area contributed by atoms with E-state index in [1.807, 2.05) is 27.7 Å². The molecule has 1 aliphatic heterocycles. The van der Waals surface area contributed by atoms with E-state index < -0.39 is 52.9 Å². The Morgan fingerprint density at radius 3 is 2.33 bits per heavy atom. The highest BCUT2D eigenvalue weighted by atomic mass is 16.7. The van der Waals surface area contributed by atoms with E-state index in [1.165, 1.54) is 0 Å². The number of carbonyl (C=O) groups is 2. The Labute approximate surface area is 196 Å². The quantitative estimate of drug-likeness (QED) is 0.568. The molecule has 1 saturated heterocycles. The van der Waals surface area contributed by atoms with Crippen molar-refractivity contribution in [1.82, 2.24) is 4.90 Å². The summed E-state index contributed by atoms with van der Waals surface area (Å²) in [6.07, 6.45) is 0.927. The summed E-state index contributed by atoms with van der Waals surface area (Å²) in [5, 5.41) is 21.6. The molecule has 1 amide bonds. The molecule has 2 saturated carbocycles. The van der Waals surface area contributed by atoms with Crippen molar-refractivity contribution in [2.75, 3.05) is 39.5 Å². The molecular weight excluding hydrogens is 430 g/mol.